The molecule has 0 rings (SSSR count). The summed E-state index contributed by atoms with van der Waals surface area (Å²) >= 11 is 0. The minimum Gasteiger partial charge on any atom is -0.392 e. The molecule has 5 heteroatoms. The Morgan fingerprint density at radius 2 is 2.12 bits per heavy atom. The van der Waals surface area contributed by atoms with E-state index in [0.717, 1.165) is 0 Å². The second-order valence-corrected chi connectivity index (χ2v) is 5.31. The van der Waals surface area contributed by atoms with Crippen molar-refractivity contribution in [1.29, 1.82) is 5.26 Å². The van der Waals surface area contributed by atoms with Crippen LogP contribution in [0, 0.1) is 16.7 Å². The third-order valence-electron chi connectivity index (χ3n) is 2.07. The lowest BCUT2D eigenvalue weighted by atomic mass is 9.89. The molecule has 0 spiro atoms. The Kier molecular flexibility index (Phi) is 7.51. The summed E-state index contributed by atoms with van der Waals surface area (Å²) in [6, 6.07) is 1.95. The largest absolute Gasteiger partial charge is 0.392 e. The summed E-state index contributed by atoms with van der Waals surface area (Å²) < 4.78 is 0. The molecule has 0 aromatic heterocycles. The van der Waals surface area contributed by atoms with Gasteiger partial charge in [-0.3, -0.25) is 4.79 Å². The highest BCUT2D eigenvalue weighted by Crippen LogP contribution is 2.20. The zero-order chi connectivity index (χ0) is 13.3. The van der Waals surface area contributed by atoms with E-state index in [-0.39, 0.29) is 17.9 Å². The van der Waals surface area contributed by atoms with Gasteiger partial charge < -0.3 is 15.7 Å². The first kappa shape index (κ1) is 15.9. The van der Waals surface area contributed by atoms with Crippen molar-refractivity contribution in [3.8, 4) is 6.07 Å². The van der Waals surface area contributed by atoms with Gasteiger partial charge in [0.05, 0.1) is 25.1 Å². The van der Waals surface area contributed by atoms with Gasteiger partial charge in [-0.05, 0) is 11.8 Å². The highest BCUT2D eigenvalue weighted by atomic mass is 16.3. The summed E-state index contributed by atoms with van der Waals surface area (Å²) in [5, 5.41) is 23.5. The van der Waals surface area contributed by atoms with Gasteiger partial charge in [0, 0.05) is 13.1 Å². The van der Waals surface area contributed by atoms with Crippen molar-refractivity contribution < 1.29 is 9.90 Å². The molecule has 1 atom stereocenters. The number of hydrogen-bond donors (Lipinski definition) is 3. The predicted molar refractivity (Wildman–Crippen MR) is 66.2 cm³/mol. The number of aliphatic hydroxyl groups is 1. The molecular weight excluding hydrogens is 218 g/mol. The molecule has 0 saturated heterocycles. The van der Waals surface area contributed by atoms with Crippen LogP contribution in [0.25, 0.3) is 0 Å². The van der Waals surface area contributed by atoms with Crippen molar-refractivity contribution in [2.24, 2.45) is 5.41 Å². The maximum Gasteiger partial charge on any atom is 0.233 e. The van der Waals surface area contributed by atoms with Crippen molar-refractivity contribution in [1.82, 2.24) is 10.6 Å². The smallest absolute Gasteiger partial charge is 0.233 e. The molecule has 0 aliphatic rings. The molecule has 0 bridgehead atoms. The Bertz CT molecular complexity index is 266. The Morgan fingerprint density at radius 3 is 2.65 bits per heavy atom. The van der Waals surface area contributed by atoms with Gasteiger partial charge in [0.1, 0.15) is 0 Å². The SMILES string of the molecule is CC(C)(C)CC(O)CNCC(=O)NCCC#N. The van der Waals surface area contributed by atoms with Crippen LogP contribution in [-0.4, -0.2) is 36.8 Å². The van der Waals surface area contributed by atoms with E-state index in [1.54, 1.807) is 0 Å². The van der Waals surface area contributed by atoms with E-state index < -0.39 is 6.10 Å². The number of carbonyl (C=O) groups excluding carboxylic acids is 1. The number of hydrogen-bond acceptors (Lipinski definition) is 4. The molecule has 1 unspecified atom stereocenters. The van der Waals surface area contributed by atoms with E-state index in [1.165, 1.54) is 0 Å². The lowest BCUT2D eigenvalue weighted by molar-refractivity contribution is -0.120. The molecule has 5 nitrogen and oxygen atoms in total. The zero-order valence-electron chi connectivity index (χ0n) is 10.9. The number of nitrogens with zero attached hydrogens (tertiary/aromatic N) is 1. The lowest BCUT2D eigenvalue weighted by Gasteiger charge is -2.22. The summed E-state index contributed by atoms with van der Waals surface area (Å²) in [5.74, 6) is -0.150. The molecule has 0 heterocycles. The van der Waals surface area contributed by atoms with Gasteiger partial charge >= 0.3 is 0 Å². The fourth-order valence-corrected chi connectivity index (χ4v) is 1.45. The van der Waals surface area contributed by atoms with Crippen molar-refractivity contribution in [3.05, 3.63) is 0 Å². The summed E-state index contributed by atoms with van der Waals surface area (Å²) in [4.78, 5) is 11.2. The van der Waals surface area contributed by atoms with Crippen molar-refractivity contribution in [3.63, 3.8) is 0 Å². The molecule has 0 aliphatic carbocycles. The first-order valence-corrected chi connectivity index (χ1v) is 5.87. The second kappa shape index (κ2) is 8.04. The fourth-order valence-electron chi connectivity index (χ4n) is 1.45. The minimum atomic E-state index is -0.443. The monoisotopic (exact) mass is 241 g/mol. The number of aliphatic hydroxyl groups excluding tert-OH is 1. The highest BCUT2D eigenvalue weighted by Gasteiger charge is 2.16. The molecule has 0 radical (unpaired) electrons. The molecular formula is C12H23N3O2. The van der Waals surface area contributed by atoms with E-state index in [9.17, 15) is 9.90 Å². The molecule has 17 heavy (non-hydrogen) atoms. The molecule has 0 aliphatic heterocycles. The van der Waals surface area contributed by atoms with Crippen LogP contribution in [0.1, 0.15) is 33.6 Å². The summed E-state index contributed by atoms with van der Waals surface area (Å²) in [6.45, 7) is 7.14. The Balaban J connectivity index is 3.56. The zero-order valence-corrected chi connectivity index (χ0v) is 10.9. The average Bonchev–Trinajstić information content (AvgIpc) is 2.15. The van der Waals surface area contributed by atoms with Gasteiger partial charge in [-0.25, -0.2) is 0 Å². The first-order valence-electron chi connectivity index (χ1n) is 5.87. The quantitative estimate of drug-likeness (QED) is 0.563. The molecule has 0 aromatic carbocycles. The predicted octanol–water partition coefficient (Wildman–Crippen LogP) is 0.403. The van der Waals surface area contributed by atoms with Crippen LogP contribution in [-0.2, 0) is 4.79 Å². The van der Waals surface area contributed by atoms with E-state index >= 15 is 0 Å². The fraction of sp³-hybridized carbons (Fsp3) is 0.833. The van der Waals surface area contributed by atoms with Gasteiger partial charge in [-0.15, -0.1) is 0 Å². The molecule has 0 aromatic rings. The van der Waals surface area contributed by atoms with Crippen LogP contribution in [0.2, 0.25) is 0 Å². The second-order valence-electron chi connectivity index (χ2n) is 5.31. The van der Waals surface area contributed by atoms with Gasteiger partial charge in [0.2, 0.25) is 5.91 Å². The minimum absolute atomic E-state index is 0.0795. The lowest BCUT2D eigenvalue weighted by Crippen LogP contribution is -2.38. The normalized spacial score (nSPS) is 12.9. The molecule has 98 valence electrons. The highest BCUT2D eigenvalue weighted by molar-refractivity contribution is 5.77. The first-order chi connectivity index (χ1) is 7.85. The van der Waals surface area contributed by atoms with E-state index in [1.807, 2.05) is 6.07 Å². The summed E-state index contributed by atoms with van der Waals surface area (Å²) in [5.41, 5.74) is 0.0795. The molecule has 1 amide bonds. The van der Waals surface area contributed by atoms with Crippen LogP contribution >= 0.6 is 0 Å². The maximum absolute atomic E-state index is 11.2. The number of amides is 1. The van der Waals surface area contributed by atoms with Crippen LogP contribution in [0.15, 0.2) is 0 Å². The molecule has 0 fully saturated rings. The van der Waals surface area contributed by atoms with Gasteiger partial charge in [-0.2, -0.15) is 5.26 Å². The standard InChI is InChI=1S/C12H23N3O2/c1-12(2,3)7-10(16)8-14-9-11(17)15-6-4-5-13/h10,14,16H,4,6-9H2,1-3H3,(H,15,17). The van der Waals surface area contributed by atoms with Crippen LogP contribution in [0.5, 0.6) is 0 Å². The third-order valence-corrected chi connectivity index (χ3v) is 2.07. The summed E-state index contributed by atoms with van der Waals surface area (Å²) in [6.07, 6.45) is 0.566. The van der Waals surface area contributed by atoms with Crippen LogP contribution in [0.4, 0.5) is 0 Å². The van der Waals surface area contributed by atoms with Crippen molar-refractivity contribution in [2.45, 2.75) is 39.7 Å². The van der Waals surface area contributed by atoms with Crippen molar-refractivity contribution in [2.75, 3.05) is 19.6 Å². The maximum atomic E-state index is 11.2. The number of carbonyl (C=O) groups is 1. The summed E-state index contributed by atoms with van der Waals surface area (Å²) in [7, 11) is 0. The Morgan fingerprint density at radius 1 is 1.47 bits per heavy atom. The van der Waals surface area contributed by atoms with Gasteiger partial charge in [0.15, 0.2) is 0 Å². The number of nitriles is 1. The molecule has 3 N–H and O–H groups in total. The van der Waals surface area contributed by atoms with E-state index in [2.05, 4.69) is 31.4 Å². The Labute approximate surface area is 103 Å². The number of rotatable bonds is 7. The van der Waals surface area contributed by atoms with Crippen molar-refractivity contribution >= 4 is 5.91 Å². The van der Waals surface area contributed by atoms with E-state index in [4.69, 9.17) is 5.26 Å². The average molecular weight is 241 g/mol. The van der Waals surface area contributed by atoms with Crippen LogP contribution < -0.4 is 10.6 Å². The van der Waals surface area contributed by atoms with E-state index in [0.29, 0.717) is 25.9 Å². The van der Waals surface area contributed by atoms with Gasteiger partial charge in [-0.1, -0.05) is 20.8 Å². The third kappa shape index (κ3) is 11.1. The van der Waals surface area contributed by atoms with Crippen LogP contribution in [0.3, 0.4) is 0 Å². The Hall–Kier alpha value is -1.12. The number of nitrogens with one attached hydrogen (secondary N) is 2. The molecule has 0 saturated carbocycles. The topological polar surface area (TPSA) is 85.2 Å². The van der Waals surface area contributed by atoms with Gasteiger partial charge in [0.25, 0.3) is 0 Å².